The van der Waals surface area contributed by atoms with E-state index in [2.05, 4.69) is 19.7 Å². The van der Waals surface area contributed by atoms with Gasteiger partial charge in [-0.1, -0.05) is 12.8 Å². The van der Waals surface area contributed by atoms with Gasteiger partial charge in [-0.05, 0) is 56.8 Å². The molecule has 0 radical (unpaired) electrons. The van der Waals surface area contributed by atoms with Crippen LogP contribution in [-0.2, 0) is 17.8 Å². The minimum absolute atomic E-state index is 0.327. The second-order valence-electron chi connectivity index (χ2n) is 8.84. The van der Waals surface area contributed by atoms with Crippen molar-refractivity contribution in [3.63, 3.8) is 0 Å². The third-order valence-electron chi connectivity index (χ3n) is 7.29. The highest BCUT2D eigenvalue weighted by atomic mass is 16.2. The van der Waals surface area contributed by atoms with Crippen molar-refractivity contribution in [3.05, 3.63) is 11.6 Å². The standard InChI is InChI=1S/C20H30N4O/c25-20(17-12-14-7-8-15(17)11-14)23-9-4-5-16(13-23)19-22-21-18-6-2-1-3-10-24(18)19/h14-17H,1-13H2/t14-,15+,16+,17+/m0/s1. The molecule has 3 heterocycles. The first kappa shape index (κ1) is 15.8. The quantitative estimate of drug-likeness (QED) is 0.829. The van der Waals surface area contributed by atoms with E-state index in [0.29, 0.717) is 23.7 Å². The molecule has 5 rings (SSSR count). The van der Waals surface area contributed by atoms with Crippen LogP contribution < -0.4 is 0 Å². The van der Waals surface area contributed by atoms with Gasteiger partial charge in [-0.25, -0.2) is 0 Å². The molecular formula is C20H30N4O. The Hall–Kier alpha value is -1.39. The third kappa shape index (κ3) is 2.80. The van der Waals surface area contributed by atoms with Crippen molar-refractivity contribution in [2.24, 2.45) is 17.8 Å². The van der Waals surface area contributed by atoms with Gasteiger partial charge in [0.15, 0.2) is 0 Å². The lowest BCUT2D eigenvalue weighted by Crippen LogP contribution is -2.44. The van der Waals surface area contributed by atoms with E-state index in [4.69, 9.17) is 0 Å². The highest BCUT2D eigenvalue weighted by Gasteiger charge is 2.45. The van der Waals surface area contributed by atoms with Crippen LogP contribution in [0.5, 0.6) is 0 Å². The van der Waals surface area contributed by atoms with E-state index in [1.54, 1.807) is 0 Å². The Balaban J connectivity index is 1.31. The summed E-state index contributed by atoms with van der Waals surface area (Å²) in [6.45, 7) is 2.88. The van der Waals surface area contributed by atoms with E-state index in [-0.39, 0.29) is 0 Å². The van der Waals surface area contributed by atoms with Crippen LogP contribution in [0.25, 0.3) is 0 Å². The number of piperidine rings is 1. The maximum Gasteiger partial charge on any atom is 0.225 e. The summed E-state index contributed by atoms with van der Waals surface area (Å²) in [6, 6.07) is 0. The van der Waals surface area contributed by atoms with Crippen LogP contribution in [0.15, 0.2) is 0 Å². The molecule has 3 fully saturated rings. The lowest BCUT2D eigenvalue weighted by atomic mass is 9.86. The maximum absolute atomic E-state index is 13.1. The predicted octanol–water partition coefficient (Wildman–Crippen LogP) is 3.15. The molecule has 2 saturated carbocycles. The highest BCUT2D eigenvalue weighted by Crippen LogP contribution is 2.49. The smallest absolute Gasteiger partial charge is 0.225 e. The normalized spacial score (nSPS) is 34.8. The van der Waals surface area contributed by atoms with Crippen LogP contribution in [0.1, 0.15) is 75.4 Å². The third-order valence-corrected chi connectivity index (χ3v) is 7.29. The van der Waals surface area contributed by atoms with Crippen molar-refractivity contribution in [3.8, 4) is 0 Å². The lowest BCUT2D eigenvalue weighted by Gasteiger charge is -2.35. The molecule has 5 heteroatoms. The number of amides is 1. The zero-order valence-corrected chi connectivity index (χ0v) is 15.2. The van der Waals surface area contributed by atoms with Gasteiger partial charge in [-0.15, -0.1) is 10.2 Å². The molecule has 2 bridgehead atoms. The van der Waals surface area contributed by atoms with Gasteiger partial charge in [0.1, 0.15) is 11.6 Å². The fourth-order valence-electron chi connectivity index (χ4n) is 5.98. The molecule has 0 spiro atoms. The number of carbonyl (C=O) groups excluding carboxylic acids is 1. The second-order valence-corrected chi connectivity index (χ2v) is 8.84. The average molecular weight is 342 g/mol. The molecule has 1 aromatic rings. The first-order valence-electron chi connectivity index (χ1n) is 10.5. The summed E-state index contributed by atoms with van der Waals surface area (Å²) < 4.78 is 2.38. The monoisotopic (exact) mass is 342 g/mol. The molecule has 5 nitrogen and oxygen atoms in total. The van der Waals surface area contributed by atoms with E-state index in [9.17, 15) is 4.79 Å². The second kappa shape index (κ2) is 6.40. The molecule has 0 aromatic carbocycles. The molecule has 0 N–H and O–H groups in total. The predicted molar refractivity (Wildman–Crippen MR) is 95.1 cm³/mol. The molecule has 4 atom stereocenters. The van der Waals surface area contributed by atoms with Gasteiger partial charge >= 0.3 is 0 Å². The molecule has 2 aliphatic carbocycles. The minimum atomic E-state index is 0.327. The largest absolute Gasteiger partial charge is 0.342 e. The summed E-state index contributed by atoms with van der Waals surface area (Å²) in [4.78, 5) is 15.3. The Labute approximate surface area is 150 Å². The number of nitrogens with zero attached hydrogens (tertiary/aromatic N) is 4. The summed E-state index contributed by atoms with van der Waals surface area (Å²) in [6.07, 6.45) is 12.2. The van der Waals surface area contributed by atoms with Crippen LogP contribution in [0.2, 0.25) is 0 Å². The summed E-state index contributed by atoms with van der Waals surface area (Å²) >= 11 is 0. The van der Waals surface area contributed by atoms with Crippen molar-refractivity contribution in [1.29, 1.82) is 0 Å². The van der Waals surface area contributed by atoms with Crippen LogP contribution in [0.3, 0.4) is 0 Å². The summed E-state index contributed by atoms with van der Waals surface area (Å²) in [5, 5.41) is 9.05. The van der Waals surface area contributed by atoms with Gasteiger partial charge in [0.05, 0.1) is 0 Å². The van der Waals surface area contributed by atoms with Crippen molar-refractivity contribution < 1.29 is 4.79 Å². The zero-order chi connectivity index (χ0) is 16.8. The van der Waals surface area contributed by atoms with Gasteiger partial charge < -0.3 is 9.47 Å². The molecular weight excluding hydrogens is 312 g/mol. The molecule has 1 saturated heterocycles. The molecule has 0 unspecified atom stereocenters. The fraction of sp³-hybridized carbons (Fsp3) is 0.850. The van der Waals surface area contributed by atoms with E-state index in [1.165, 1.54) is 44.3 Å². The molecule has 25 heavy (non-hydrogen) atoms. The SMILES string of the molecule is O=C([C@@H]1C[C@H]2CC[C@@H]1C2)N1CCC[C@@H](c2nnc3n2CCCCC3)C1. The highest BCUT2D eigenvalue weighted by molar-refractivity contribution is 5.80. The Morgan fingerprint density at radius 3 is 2.76 bits per heavy atom. The Morgan fingerprint density at radius 2 is 1.92 bits per heavy atom. The summed E-state index contributed by atoms with van der Waals surface area (Å²) in [7, 11) is 0. The number of likely N-dealkylation sites (tertiary alicyclic amines) is 1. The van der Waals surface area contributed by atoms with Gasteiger partial charge in [0.25, 0.3) is 0 Å². The Bertz CT molecular complexity index is 654. The van der Waals surface area contributed by atoms with Crippen molar-refractivity contribution >= 4 is 5.91 Å². The molecule has 136 valence electrons. The van der Waals surface area contributed by atoms with Crippen molar-refractivity contribution in [1.82, 2.24) is 19.7 Å². The first-order valence-corrected chi connectivity index (χ1v) is 10.5. The lowest BCUT2D eigenvalue weighted by molar-refractivity contribution is -0.138. The van der Waals surface area contributed by atoms with Gasteiger partial charge in [0.2, 0.25) is 5.91 Å². The number of rotatable bonds is 2. The van der Waals surface area contributed by atoms with Gasteiger partial charge in [-0.3, -0.25) is 4.79 Å². The van der Waals surface area contributed by atoms with E-state index >= 15 is 0 Å². The zero-order valence-electron chi connectivity index (χ0n) is 15.2. The van der Waals surface area contributed by atoms with Crippen LogP contribution in [-0.4, -0.2) is 38.7 Å². The number of carbonyl (C=O) groups is 1. The number of hydrogen-bond donors (Lipinski definition) is 0. The van der Waals surface area contributed by atoms with E-state index in [1.807, 2.05) is 0 Å². The number of aryl methyl sites for hydroxylation is 1. The van der Waals surface area contributed by atoms with E-state index < -0.39 is 0 Å². The minimum Gasteiger partial charge on any atom is -0.342 e. The summed E-state index contributed by atoms with van der Waals surface area (Å²) in [5.41, 5.74) is 0. The molecule has 1 amide bonds. The molecule has 2 aliphatic heterocycles. The van der Waals surface area contributed by atoms with Crippen LogP contribution in [0.4, 0.5) is 0 Å². The topological polar surface area (TPSA) is 51.0 Å². The van der Waals surface area contributed by atoms with Crippen molar-refractivity contribution in [2.75, 3.05) is 13.1 Å². The number of aromatic nitrogens is 3. The van der Waals surface area contributed by atoms with Crippen molar-refractivity contribution in [2.45, 2.75) is 76.7 Å². The Morgan fingerprint density at radius 1 is 0.960 bits per heavy atom. The van der Waals surface area contributed by atoms with Crippen LogP contribution >= 0.6 is 0 Å². The summed E-state index contributed by atoms with van der Waals surface area (Å²) in [5.74, 6) is 5.01. The van der Waals surface area contributed by atoms with Gasteiger partial charge in [0, 0.05) is 37.9 Å². The average Bonchev–Trinajstić information content (AvgIpc) is 3.34. The first-order chi connectivity index (χ1) is 12.3. The molecule has 1 aromatic heterocycles. The number of hydrogen-bond acceptors (Lipinski definition) is 3. The molecule has 4 aliphatic rings. The maximum atomic E-state index is 13.1. The van der Waals surface area contributed by atoms with Gasteiger partial charge in [-0.2, -0.15) is 0 Å². The Kier molecular flexibility index (Phi) is 4.05. The fourth-order valence-corrected chi connectivity index (χ4v) is 5.98. The number of fused-ring (bicyclic) bond motifs is 3. The van der Waals surface area contributed by atoms with E-state index in [0.717, 1.165) is 57.1 Å². The van der Waals surface area contributed by atoms with Crippen LogP contribution in [0, 0.1) is 17.8 Å².